The highest BCUT2D eigenvalue weighted by atomic mass is 19.1. The van der Waals surface area contributed by atoms with Crippen LogP contribution in [0.25, 0.3) is 16.7 Å². The van der Waals surface area contributed by atoms with Gasteiger partial charge in [-0.2, -0.15) is 0 Å². The minimum Gasteiger partial charge on any atom is -0.461 e. The Bertz CT molecular complexity index is 1030. The molecule has 1 fully saturated rings. The van der Waals surface area contributed by atoms with Gasteiger partial charge in [0.25, 0.3) is 0 Å². The molecule has 1 aliphatic rings. The van der Waals surface area contributed by atoms with Gasteiger partial charge in [-0.1, -0.05) is 0 Å². The molecular weight excluding hydrogens is 377 g/mol. The molecule has 3 aromatic rings. The van der Waals surface area contributed by atoms with Crippen molar-refractivity contribution in [2.75, 3.05) is 32.9 Å². The van der Waals surface area contributed by atoms with Gasteiger partial charge in [0.15, 0.2) is 0 Å². The average molecular weight is 399 g/mol. The first-order valence-electron chi connectivity index (χ1n) is 9.57. The molecule has 0 aliphatic carbocycles. The molecular formula is C21H22FN3O4. The summed E-state index contributed by atoms with van der Waals surface area (Å²) in [5, 5.41) is 0. The van der Waals surface area contributed by atoms with E-state index in [9.17, 15) is 14.0 Å². The van der Waals surface area contributed by atoms with Crippen LogP contribution in [0.2, 0.25) is 0 Å². The number of halogens is 1. The predicted octanol–water partition coefficient (Wildman–Crippen LogP) is 2.61. The van der Waals surface area contributed by atoms with Crippen molar-refractivity contribution in [1.29, 1.82) is 0 Å². The highest BCUT2D eigenvalue weighted by molar-refractivity contribution is 5.96. The number of esters is 1. The van der Waals surface area contributed by atoms with Crippen LogP contribution < -0.4 is 0 Å². The molecule has 2 aromatic heterocycles. The maximum absolute atomic E-state index is 13.3. The lowest BCUT2D eigenvalue weighted by Gasteiger charge is -2.27. The summed E-state index contributed by atoms with van der Waals surface area (Å²) >= 11 is 0. The number of benzene rings is 1. The van der Waals surface area contributed by atoms with E-state index in [0.717, 1.165) is 16.7 Å². The minimum absolute atomic E-state index is 0.0328. The molecule has 1 saturated heterocycles. The molecule has 7 nitrogen and oxygen atoms in total. The lowest BCUT2D eigenvalue weighted by Crippen LogP contribution is -2.42. The van der Waals surface area contributed by atoms with Crippen molar-refractivity contribution in [2.24, 2.45) is 0 Å². The Morgan fingerprint density at radius 3 is 2.52 bits per heavy atom. The maximum atomic E-state index is 13.3. The summed E-state index contributed by atoms with van der Waals surface area (Å²) in [5.74, 6) is -0.881. The van der Waals surface area contributed by atoms with Crippen LogP contribution in [-0.4, -0.2) is 58.8 Å². The van der Waals surface area contributed by atoms with Crippen molar-refractivity contribution in [2.45, 2.75) is 13.5 Å². The van der Waals surface area contributed by atoms with Gasteiger partial charge in [-0.05, 0) is 43.3 Å². The van der Waals surface area contributed by atoms with Crippen LogP contribution in [0.4, 0.5) is 4.39 Å². The van der Waals surface area contributed by atoms with E-state index < -0.39 is 5.97 Å². The van der Waals surface area contributed by atoms with Crippen LogP contribution >= 0.6 is 0 Å². The fraction of sp³-hybridized carbons (Fsp3) is 0.333. The number of nitrogens with zero attached hydrogens (tertiary/aromatic N) is 3. The number of amides is 1. The number of morpholine rings is 1. The molecule has 1 amide bonds. The molecule has 0 radical (unpaired) electrons. The first-order valence-corrected chi connectivity index (χ1v) is 9.57. The molecule has 8 heteroatoms. The molecule has 0 N–H and O–H groups in total. The third-order valence-electron chi connectivity index (χ3n) is 5.01. The van der Waals surface area contributed by atoms with Crippen molar-refractivity contribution in [3.63, 3.8) is 0 Å². The number of fused-ring (bicyclic) bond motifs is 1. The predicted molar refractivity (Wildman–Crippen MR) is 105 cm³/mol. The number of aromatic nitrogens is 2. The quantitative estimate of drug-likeness (QED) is 0.619. The molecule has 1 aliphatic heterocycles. The summed E-state index contributed by atoms with van der Waals surface area (Å²) in [6.07, 6.45) is 1.84. The summed E-state index contributed by atoms with van der Waals surface area (Å²) in [4.78, 5) is 27.1. The van der Waals surface area contributed by atoms with Crippen LogP contribution in [0.1, 0.15) is 17.4 Å². The van der Waals surface area contributed by atoms with Crippen molar-refractivity contribution in [3.8, 4) is 5.69 Å². The monoisotopic (exact) mass is 399 g/mol. The molecule has 3 heterocycles. The Labute approximate surface area is 167 Å². The van der Waals surface area contributed by atoms with E-state index in [-0.39, 0.29) is 24.9 Å². The smallest absolute Gasteiger partial charge is 0.355 e. The van der Waals surface area contributed by atoms with Crippen LogP contribution in [0, 0.1) is 5.82 Å². The van der Waals surface area contributed by atoms with Gasteiger partial charge in [-0.3, -0.25) is 4.79 Å². The fourth-order valence-electron chi connectivity index (χ4n) is 3.56. The number of hydrogen-bond donors (Lipinski definition) is 0. The Balaban J connectivity index is 1.74. The Kier molecular flexibility index (Phi) is 5.35. The Morgan fingerprint density at radius 1 is 1.10 bits per heavy atom. The topological polar surface area (TPSA) is 65.7 Å². The SMILES string of the molecule is CCOC(=O)c1cc2c(ccn2-c2ccc(F)cc2)n1CC(=O)N1CCOCC1. The summed E-state index contributed by atoms with van der Waals surface area (Å²) in [7, 11) is 0. The van der Waals surface area contributed by atoms with E-state index in [0.29, 0.717) is 32.0 Å². The Morgan fingerprint density at radius 2 is 1.83 bits per heavy atom. The van der Waals surface area contributed by atoms with E-state index in [1.807, 2.05) is 16.8 Å². The molecule has 29 heavy (non-hydrogen) atoms. The molecule has 0 bridgehead atoms. The van der Waals surface area contributed by atoms with Crippen LogP contribution in [-0.2, 0) is 20.8 Å². The van der Waals surface area contributed by atoms with E-state index in [2.05, 4.69) is 0 Å². The second-order valence-corrected chi connectivity index (χ2v) is 6.76. The maximum Gasteiger partial charge on any atom is 0.355 e. The van der Waals surface area contributed by atoms with E-state index in [1.165, 1.54) is 12.1 Å². The standard InChI is InChI=1S/C21H22FN3O4/c1-2-29-21(27)19-13-18-17(7-8-24(18)16-5-3-15(22)4-6-16)25(19)14-20(26)23-9-11-28-12-10-23/h3-8,13H,2,9-12,14H2,1H3. The molecule has 152 valence electrons. The number of carbonyl (C=O) groups excluding carboxylic acids is 2. The summed E-state index contributed by atoms with van der Waals surface area (Å²) in [6, 6.07) is 9.64. The minimum atomic E-state index is -0.482. The normalized spacial score (nSPS) is 14.3. The summed E-state index contributed by atoms with van der Waals surface area (Å²) in [5.41, 5.74) is 2.55. The van der Waals surface area contributed by atoms with Gasteiger partial charge < -0.3 is 23.5 Å². The Hall–Kier alpha value is -3.13. The second kappa shape index (κ2) is 8.08. The van der Waals surface area contributed by atoms with Crippen molar-refractivity contribution >= 4 is 22.9 Å². The lowest BCUT2D eigenvalue weighted by molar-refractivity contribution is -0.135. The zero-order chi connectivity index (χ0) is 20.4. The molecule has 1 aromatic carbocycles. The van der Waals surface area contributed by atoms with Crippen LogP contribution in [0.15, 0.2) is 42.6 Å². The van der Waals surface area contributed by atoms with Gasteiger partial charge in [0.1, 0.15) is 18.1 Å². The van der Waals surface area contributed by atoms with Gasteiger partial charge >= 0.3 is 5.97 Å². The highest BCUT2D eigenvalue weighted by Crippen LogP contribution is 2.26. The third kappa shape index (κ3) is 3.75. The fourth-order valence-corrected chi connectivity index (χ4v) is 3.56. The van der Waals surface area contributed by atoms with Crippen molar-refractivity contribution < 1.29 is 23.5 Å². The molecule has 4 rings (SSSR count). The zero-order valence-corrected chi connectivity index (χ0v) is 16.1. The number of ether oxygens (including phenoxy) is 2. The summed E-state index contributed by atoms with van der Waals surface area (Å²) in [6.45, 7) is 4.11. The largest absolute Gasteiger partial charge is 0.461 e. The van der Waals surface area contributed by atoms with Gasteiger partial charge in [0, 0.05) is 25.0 Å². The van der Waals surface area contributed by atoms with Crippen molar-refractivity contribution in [1.82, 2.24) is 14.0 Å². The first-order chi connectivity index (χ1) is 14.1. The lowest BCUT2D eigenvalue weighted by atomic mass is 10.3. The molecule has 0 atom stereocenters. The first kappa shape index (κ1) is 19.2. The van der Waals surface area contributed by atoms with Crippen molar-refractivity contribution in [3.05, 3.63) is 54.1 Å². The number of rotatable bonds is 5. The van der Waals surface area contributed by atoms with Gasteiger partial charge in [0.2, 0.25) is 5.91 Å². The third-order valence-corrected chi connectivity index (χ3v) is 5.01. The van der Waals surface area contributed by atoms with Gasteiger partial charge in [-0.15, -0.1) is 0 Å². The van der Waals surface area contributed by atoms with Gasteiger partial charge in [0.05, 0.1) is 30.9 Å². The number of carbonyl (C=O) groups is 2. The zero-order valence-electron chi connectivity index (χ0n) is 16.1. The molecule has 0 unspecified atom stereocenters. The van der Waals surface area contributed by atoms with Crippen LogP contribution in [0.3, 0.4) is 0 Å². The van der Waals surface area contributed by atoms with E-state index in [4.69, 9.17) is 9.47 Å². The summed E-state index contributed by atoms with van der Waals surface area (Å²) < 4.78 is 27.3. The molecule has 0 saturated carbocycles. The second-order valence-electron chi connectivity index (χ2n) is 6.76. The highest BCUT2D eigenvalue weighted by Gasteiger charge is 2.24. The van der Waals surface area contributed by atoms with E-state index in [1.54, 1.807) is 34.6 Å². The van der Waals surface area contributed by atoms with Gasteiger partial charge in [-0.25, -0.2) is 9.18 Å². The number of hydrogen-bond acceptors (Lipinski definition) is 4. The van der Waals surface area contributed by atoms with E-state index >= 15 is 0 Å². The molecule has 0 spiro atoms. The van der Waals surface area contributed by atoms with Crippen LogP contribution in [0.5, 0.6) is 0 Å². The average Bonchev–Trinajstić information content (AvgIpc) is 3.30.